The standard InChI is InChI=1S/C17H24N2O/c1-17(16(20)19-14-8-5-11-18-12-14)10-4-7-13-6-2-3-9-15(13)17/h2-3,6,9,14,18H,4-5,7-8,10-12H2,1H3,(H,19,20)/t14-,17?/m0/s1. The highest BCUT2D eigenvalue weighted by Crippen LogP contribution is 2.37. The zero-order valence-electron chi connectivity index (χ0n) is 12.2. The molecule has 1 amide bonds. The lowest BCUT2D eigenvalue weighted by Gasteiger charge is -2.36. The van der Waals surface area contributed by atoms with E-state index in [-0.39, 0.29) is 11.3 Å². The first kappa shape index (κ1) is 13.6. The van der Waals surface area contributed by atoms with Crippen molar-refractivity contribution < 1.29 is 4.79 Å². The van der Waals surface area contributed by atoms with Gasteiger partial charge in [0.25, 0.3) is 0 Å². The Labute approximate surface area is 121 Å². The Balaban J connectivity index is 1.79. The first-order valence-electron chi connectivity index (χ1n) is 7.80. The van der Waals surface area contributed by atoms with Gasteiger partial charge in [0.1, 0.15) is 0 Å². The van der Waals surface area contributed by atoms with Crippen LogP contribution in [-0.4, -0.2) is 25.0 Å². The van der Waals surface area contributed by atoms with Crippen molar-refractivity contribution in [2.24, 2.45) is 0 Å². The molecule has 1 aliphatic carbocycles. The summed E-state index contributed by atoms with van der Waals surface area (Å²) in [4.78, 5) is 12.8. The summed E-state index contributed by atoms with van der Waals surface area (Å²) in [6.07, 6.45) is 5.40. The third-order valence-corrected chi connectivity index (χ3v) is 4.87. The zero-order valence-corrected chi connectivity index (χ0v) is 12.2. The van der Waals surface area contributed by atoms with E-state index in [0.29, 0.717) is 6.04 Å². The maximum atomic E-state index is 12.8. The van der Waals surface area contributed by atoms with Gasteiger partial charge in [-0.2, -0.15) is 0 Å². The van der Waals surface area contributed by atoms with Gasteiger partial charge in [0, 0.05) is 12.6 Å². The van der Waals surface area contributed by atoms with Crippen molar-refractivity contribution in [3.63, 3.8) is 0 Å². The molecule has 20 heavy (non-hydrogen) atoms. The molecule has 0 aromatic heterocycles. The van der Waals surface area contributed by atoms with Gasteiger partial charge in [-0.15, -0.1) is 0 Å². The van der Waals surface area contributed by atoms with Crippen molar-refractivity contribution in [1.82, 2.24) is 10.6 Å². The second-order valence-electron chi connectivity index (χ2n) is 6.36. The van der Waals surface area contributed by atoms with Crippen LogP contribution in [0.1, 0.15) is 43.7 Å². The van der Waals surface area contributed by atoms with Crippen LogP contribution in [0.15, 0.2) is 24.3 Å². The molecule has 1 aliphatic heterocycles. The molecule has 3 rings (SSSR count). The third-order valence-electron chi connectivity index (χ3n) is 4.87. The fourth-order valence-corrected chi connectivity index (χ4v) is 3.60. The summed E-state index contributed by atoms with van der Waals surface area (Å²) in [5.41, 5.74) is 2.22. The molecule has 1 aromatic carbocycles. The lowest BCUT2D eigenvalue weighted by Crippen LogP contribution is -2.52. The van der Waals surface area contributed by atoms with E-state index in [9.17, 15) is 4.79 Å². The summed E-state index contributed by atoms with van der Waals surface area (Å²) in [5.74, 6) is 0.207. The van der Waals surface area contributed by atoms with Crippen LogP contribution in [0.3, 0.4) is 0 Å². The number of fused-ring (bicyclic) bond motifs is 1. The molecule has 0 saturated carbocycles. The van der Waals surface area contributed by atoms with Gasteiger partial charge < -0.3 is 10.6 Å². The number of benzene rings is 1. The Kier molecular flexibility index (Phi) is 3.79. The van der Waals surface area contributed by atoms with E-state index < -0.39 is 0 Å². The fourth-order valence-electron chi connectivity index (χ4n) is 3.60. The smallest absolute Gasteiger partial charge is 0.230 e. The predicted molar refractivity (Wildman–Crippen MR) is 80.8 cm³/mol. The van der Waals surface area contributed by atoms with E-state index in [4.69, 9.17) is 0 Å². The normalized spacial score (nSPS) is 29.6. The fraction of sp³-hybridized carbons (Fsp3) is 0.588. The van der Waals surface area contributed by atoms with Gasteiger partial charge in [-0.3, -0.25) is 4.79 Å². The largest absolute Gasteiger partial charge is 0.351 e. The van der Waals surface area contributed by atoms with Gasteiger partial charge in [-0.1, -0.05) is 24.3 Å². The summed E-state index contributed by atoms with van der Waals surface area (Å²) in [5, 5.41) is 6.63. The average molecular weight is 272 g/mol. The average Bonchev–Trinajstić information content (AvgIpc) is 2.49. The number of rotatable bonds is 2. The Bertz CT molecular complexity index is 494. The number of amides is 1. The van der Waals surface area contributed by atoms with Gasteiger partial charge in [0.05, 0.1) is 5.41 Å². The zero-order chi connectivity index (χ0) is 14.0. The number of hydrogen-bond donors (Lipinski definition) is 2. The van der Waals surface area contributed by atoms with Gasteiger partial charge in [0.15, 0.2) is 0 Å². The van der Waals surface area contributed by atoms with Crippen LogP contribution in [0.4, 0.5) is 0 Å². The van der Waals surface area contributed by atoms with Gasteiger partial charge in [0.2, 0.25) is 5.91 Å². The highest BCUT2D eigenvalue weighted by molar-refractivity contribution is 5.88. The van der Waals surface area contributed by atoms with Crippen molar-refractivity contribution >= 4 is 5.91 Å². The van der Waals surface area contributed by atoms with Gasteiger partial charge in [-0.05, 0) is 56.7 Å². The molecule has 1 aromatic rings. The molecule has 2 N–H and O–H groups in total. The molecule has 108 valence electrons. The number of aryl methyl sites for hydroxylation is 1. The van der Waals surface area contributed by atoms with Gasteiger partial charge in [-0.25, -0.2) is 0 Å². The van der Waals surface area contributed by atoms with Crippen LogP contribution in [0.5, 0.6) is 0 Å². The lowest BCUT2D eigenvalue weighted by molar-refractivity contribution is -0.127. The second-order valence-corrected chi connectivity index (χ2v) is 6.36. The number of carbonyl (C=O) groups excluding carboxylic acids is 1. The quantitative estimate of drug-likeness (QED) is 0.866. The van der Waals surface area contributed by atoms with Crippen LogP contribution in [0.2, 0.25) is 0 Å². The molecular formula is C17H24N2O. The molecule has 1 saturated heterocycles. The molecule has 1 fully saturated rings. The van der Waals surface area contributed by atoms with Crippen LogP contribution in [-0.2, 0) is 16.6 Å². The maximum Gasteiger partial charge on any atom is 0.230 e. The Hall–Kier alpha value is -1.35. The first-order valence-corrected chi connectivity index (χ1v) is 7.80. The highest BCUT2D eigenvalue weighted by atomic mass is 16.2. The summed E-state index contributed by atoms with van der Waals surface area (Å²) < 4.78 is 0. The molecule has 0 radical (unpaired) electrons. The van der Waals surface area contributed by atoms with Crippen LogP contribution in [0, 0.1) is 0 Å². The Morgan fingerprint density at radius 2 is 2.20 bits per heavy atom. The predicted octanol–water partition coefficient (Wildman–Crippen LogP) is 2.15. The van der Waals surface area contributed by atoms with Crippen molar-refractivity contribution in [3.8, 4) is 0 Å². The van der Waals surface area contributed by atoms with Crippen LogP contribution < -0.4 is 10.6 Å². The monoisotopic (exact) mass is 272 g/mol. The molecule has 1 heterocycles. The lowest BCUT2D eigenvalue weighted by atomic mass is 9.70. The molecule has 3 nitrogen and oxygen atoms in total. The van der Waals surface area contributed by atoms with E-state index in [2.05, 4.69) is 41.8 Å². The Morgan fingerprint density at radius 1 is 1.35 bits per heavy atom. The molecule has 1 unspecified atom stereocenters. The van der Waals surface area contributed by atoms with Crippen molar-refractivity contribution in [1.29, 1.82) is 0 Å². The SMILES string of the molecule is CC1(C(=O)N[C@H]2CCCNC2)CCCc2ccccc21. The summed E-state index contributed by atoms with van der Waals surface area (Å²) in [7, 11) is 0. The van der Waals surface area contributed by atoms with E-state index in [1.807, 2.05) is 0 Å². The Morgan fingerprint density at radius 3 is 3.00 bits per heavy atom. The summed E-state index contributed by atoms with van der Waals surface area (Å²) in [6.45, 7) is 4.09. The van der Waals surface area contributed by atoms with Crippen molar-refractivity contribution in [2.45, 2.75) is 50.5 Å². The molecule has 0 bridgehead atoms. The minimum atomic E-state index is -0.355. The van der Waals surface area contributed by atoms with Crippen molar-refractivity contribution in [3.05, 3.63) is 35.4 Å². The van der Waals surface area contributed by atoms with E-state index in [1.165, 1.54) is 11.1 Å². The number of carbonyl (C=O) groups is 1. The molecular weight excluding hydrogens is 248 g/mol. The van der Waals surface area contributed by atoms with E-state index in [1.54, 1.807) is 0 Å². The maximum absolute atomic E-state index is 12.8. The van der Waals surface area contributed by atoms with Crippen molar-refractivity contribution in [2.75, 3.05) is 13.1 Å². The second kappa shape index (κ2) is 5.57. The molecule has 0 spiro atoms. The molecule has 2 aliphatic rings. The number of hydrogen-bond acceptors (Lipinski definition) is 2. The molecule has 2 atom stereocenters. The molecule has 3 heteroatoms. The number of piperidine rings is 1. The highest BCUT2D eigenvalue weighted by Gasteiger charge is 2.39. The van der Waals surface area contributed by atoms with E-state index in [0.717, 1.165) is 45.2 Å². The minimum absolute atomic E-state index is 0.207. The van der Waals surface area contributed by atoms with E-state index >= 15 is 0 Å². The van der Waals surface area contributed by atoms with Crippen LogP contribution in [0.25, 0.3) is 0 Å². The van der Waals surface area contributed by atoms with Gasteiger partial charge >= 0.3 is 0 Å². The van der Waals surface area contributed by atoms with Crippen LogP contribution >= 0.6 is 0 Å². The first-order chi connectivity index (χ1) is 9.70. The number of nitrogens with one attached hydrogen (secondary N) is 2. The summed E-state index contributed by atoms with van der Waals surface area (Å²) >= 11 is 0. The third kappa shape index (κ3) is 2.47. The summed E-state index contributed by atoms with van der Waals surface area (Å²) in [6, 6.07) is 8.72. The topological polar surface area (TPSA) is 41.1 Å². The minimum Gasteiger partial charge on any atom is -0.351 e.